The first-order chi connectivity index (χ1) is 12.0. The van der Waals surface area contributed by atoms with Crippen LogP contribution in [0, 0.1) is 11.6 Å². The van der Waals surface area contributed by atoms with Crippen LogP contribution in [0.1, 0.15) is 24.3 Å². The summed E-state index contributed by atoms with van der Waals surface area (Å²) in [6, 6.07) is 14.7. The average Bonchev–Trinajstić information content (AvgIpc) is 3.11. The third-order valence-corrected chi connectivity index (χ3v) is 4.03. The van der Waals surface area contributed by atoms with Crippen molar-refractivity contribution in [2.45, 2.75) is 25.6 Å². The largest absolute Gasteiger partial charge is 0.387 e. The van der Waals surface area contributed by atoms with E-state index in [-0.39, 0.29) is 6.04 Å². The molecule has 130 valence electrons. The molecule has 0 bridgehead atoms. The number of nitrogens with zero attached hydrogens (tertiary/aromatic N) is 2. The van der Waals surface area contributed by atoms with E-state index in [1.54, 1.807) is 11.6 Å². The van der Waals surface area contributed by atoms with Gasteiger partial charge in [-0.05, 0) is 42.8 Å². The van der Waals surface area contributed by atoms with E-state index in [1.165, 1.54) is 6.07 Å². The molecule has 2 atom stereocenters. The van der Waals surface area contributed by atoms with Gasteiger partial charge in [-0.2, -0.15) is 5.10 Å². The van der Waals surface area contributed by atoms with Crippen LogP contribution in [0.3, 0.4) is 0 Å². The minimum atomic E-state index is -0.967. The molecule has 1 aromatic heterocycles. The van der Waals surface area contributed by atoms with Crippen molar-refractivity contribution in [2.75, 3.05) is 0 Å². The fourth-order valence-corrected chi connectivity index (χ4v) is 2.54. The lowest BCUT2D eigenvalue weighted by atomic mass is 10.0. The maximum Gasteiger partial charge on any atom is 0.159 e. The monoisotopic (exact) mass is 343 g/mol. The van der Waals surface area contributed by atoms with Gasteiger partial charge in [-0.15, -0.1) is 0 Å². The molecule has 0 aliphatic heterocycles. The van der Waals surface area contributed by atoms with Gasteiger partial charge in [0, 0.05) is 18.8 Å². The fraction of sp³-hybridized carbons (Fsp3) is 0.211. The fourth-order valence-electron chi connectivity index (χ4n) is 2.54. The molecule has 6 heteroatoms. The molecule has 3 aromatic rings. The molecular weight excluding hydrogens is 324 g/mol. The molecule has 3 rings (SSSR count). The number of para-hydroxylation sites is 1. The first-order valence-corrected chi connectivity index (χ1v) is 8.01. The first kappa shape index (κ1) is 17.3. The molecule has 25 heavy (non-hydrogen) atoms. The summed E-state index contributed by atoms with van der Waals surface area (Å²) in [5, 5.41) is 17.9. The Bertz CT molecular complexity index is 836. The summed E-state index contributed by atoms with van der Waals surface area (Å²) in [5.74, 6) is -1.90. The lowest BCUT2D eigenvalue weighted by Gasteiger charge is -2.20. The number of nitrogens with one attached hydrogen (secondary N) is 1. The van der Waals surface area contributed by atoms with Crippen LogP contribution in [0.5, 0.6) is 0 Å². The first-order valence-electron chi connectivity index (χ1n) is 8.01. The third kappa shape index (κ3) is 4.10. The zero-order valence-electron chi connectivity index (χ0n) is 13.7. The van der Waals surface area contributed by atoms with Crippen molar-refractivity contribution in [2.24, 2.45) is 0 Å². The molecule has 2 aromatic carbocycles. The average molecular weight is 343 g/mol. The van der Waals surface area contributed by atoms with Gasteiger partial charge >= 0.3 is 0 Å². The zero-order chi connectivity index (χ0) is 17.8. The van der Waals surface area contributed by atoms with E-state index in [0.717, 1.165) is 23.5 Å². The number of hydrogen-bond acceptors (Lipinski definition) is 3. The molecule has 0 aliphatic rings. The summed E-state index contributed by atoms with van der Waals surface area (Å²) in [6.45, 7) is 2.22. The quantitative estimate of drug-likeness (QED) is 0.722. The van der Waals surface area contributed by atoms with Crippen molar-refractivity contribution in [3.8, 4) is 5.69 Å². The van der Waals surface area contributed by atoms with E-state index in [1.807, 2.05) is 42.6 Å². The lowest BCUT2D eigenvalue weighted by Crippen LogP contribution is -2.32. The van der Waals surface area contributed by atoms with Gasteiger partial charge in [-0.1, -0.05) is 24.3 Å². The number of aromatic nitrogens is 2. The Morgan fingerprint density at radius 1 is 1.08 bits per heavy atom. The molecule has 2 unspecified atom stereocenters. The van der Waals surface area contributed by atoms with Gasteiger partial charge in [0.2, 0.25) is 0 Å². The molecule has 0 saturated carbocycles. The van der Waals surface area contributed by atoms with Gasteiger partial charge in [0.1, 0.15) is 0 Å². The molecule has 0 fully saturated rings. The SMILES string of the molecule is CC(NCc1ccn(-c2ccccc2)n1)C(O)c1ccc(F)c(F)c1. The predicted molar refractivity (Wildman–Crippen MR) is 91.2 cm³/mol. The molecule has 0 amide bonds. The second kappa shape index (κ2) is 7.55. The predicted octanol–water partition coefficient (Wildman–Crippen LogP) is 3.36. The van der Waals surface area contributed by atoms with Crippen LogP contribution in [0.2, 0.25) is 0 Å². The van der Waals surface area contributed by atoms with Gasteiger partial charge in [0.15, 0.2) is 11.6 Å². The van der Waals surface area contributed by atoms with Crippen LogP contribution < -0.4 is 5.32 Å². The number of aliphatic hydroxyl groups is 1. The van der Waals surface area contributed by atoms with E-state index in [0.29, 0.717) is 12.1 Å². The number of halogens is 2. The van der Waals surface area contributed by atoms with Crippen LogP contribution >= 0.6 is 0 Å². The molecule has 4 nitrogen and oxygen atoms in total. The minimum Gasteiger partial charge on any atom is -0.387 e. The van der Waals surface area contributed by atoms with E-state index < -0.39 is 17.7 Å². The standard InChI is InChI=1S/C19H19F2N3O/c1-13(19(25)14-7-8-17(20)18(21)11-14)22-12-15-9-10-24(23-15)16-5-3-2-4-6-16/h2-11,13,19,22,25H,12H2,1H3. The topological polar surface area (TPSA) is 50.1 Å². The molecule has 0 aliphatic carbocycles. The van der Waals surface area contributed by atoms with Crippen molar-refractivity contribution in [1.82, 2.24) is 15.1 Å². The highest BCUT2D eigenvalue weighted by Gasteiger charge is 2.18. The Kier molecular flexibility index (Phi) is 5.21. The Balaban J connectivity index is 1.61. The highest BCUT2D eigenvalue weighted by atomic mass is 19.2. The van der Waals surface area contributed by atoms with E-state index >= 15 is 0 Å². The number of benzene rings is 2. The Labute approximate surface area is 144 Å². The maximum atomic E-state index is 13.3. The Hall–Kier alpha value is -2.57. The van der Waals surface area contributed by atoms with Crippen molar-refractivity contribution in [1.29, 1.82) is 0 Å². The number of hydrogen-bond donors (Lipinski definition) is 2. The molecular formula is C19H19F2N3O. The molecule has 0 spiro atoms. The summed E-state index contributed by atoms with van der Waals surface area (Å²) in [4.78, 5) is 0. The van der Waals surface area contributed by atoms with Crippen molar-refractivity contribution < 1.29 is 13.9 Å². The van der Waals surface area contributed by atoms with Crippen LogP contribution in [0.15, 0.2) is 60.8 Å². The summed E-state index contributed by atoms with van der Waals surface area (Å²) in [5.41, 5.74) is 2.10. The van der Waals surface area contributed by atoms with E-state index in [2.05, 4.69) is 10.4 Å². The molecule has 2 N–H and O–H groups in total. The molecule has 0 saturated heterocycles. The third-order valence-electron chi connectivity index (χ3n) is 4.03. The Morgan fingerprint density at radius 3 is 2.56 bits per heavy atom. The van der Waals surface area contributed by atoms with Gasteiger partial charge in [-0.25, -0.2) is 13.5 Å². The maximum absolute atomic E-state index is 13.3. The van der Waals surface area contributed by atoms with E-state index in [9.17, 15) is 13.9 Å². The van der Waals surface area contributed by atoms with Crippen LogP contribution in [-0.2, 0) is 6.54 Å². The molecule has 0 radical (unpaired) electrons. The van der Waals surface area contributed by atoms with Crippen molar-refractivity contribution in [3.63, 3.8) is 0 Å². The summed E-state index contributed by atoms with van der Waals surface area (Å²) in [6.07, 6.45) is 0.911. The van der Waals surface area contributed by atoms with Crippen LogP contribution in [-0.4, -0.2) is 20.9 Å². The summed E-state index contributed by atoms with van der Waals surface area (Å²) < 4.78 is 28.1. The van der Waals surface area contributed by atoms with Crippen molar-refractivity contribution in [3.05, 3.63) is 83.7 Å². The highest BCUT2D eigenvalue weighted by Crippen LogP contribution is 2.19. The number of aliphatic hydroxyl groups excluding tert-OH is 1. The van der Waals surface area contributed by atoms with Crippen LogP contribution in [0.4, 0.5) is 8.78 Å². The van der Waals surface area contributed by atoms with Crippen LogP contribution in [0.25, 0.3) is 5.69 Å². The summed E-state index contributed by atoms with van der Waals surface area (Å²) >= 11 is 0. The normalized spacial score (nSPS) is 13.6. The van der Waals surface area contributed by atoms with Crippen molar-refractivity contribution >= 4 is 0 Å². The van der Waals surface area contributed by atoms with Gasteiger partial charge in [0.05, 0.1) is 17.5 Å². The van der Waals surface area contributed by atoms with Gasteiger partial charge in [-0.3, -0.25) is 0 Å². The Morgan fingerprint density at radius 2 is 1.84 bits per heavy atom. The summed E-state index contributed by atoms with van der Waals surface area (Å²) in [7, 11) is 0. The highest BCUT2D eigenvalue weighted by molar-refractivity contribution is 5.30. The number of rotatable bonds is 6. The van der Waals surface area contributed by atoms with Gasteiger partial charge in [0.25, 0.3) is 0 Å². The second-order valence-electron chi connectivity index (χ2n) is 5.88. The van der Waals surface area contributed by atoms with E-state index in [4.69, 9.17) is 0 Å². The smallest absolute Gasteiger partial charge is 0.159 e. The molecule has 1 heterocycles. The van der Waals surface area contributed by atoms with Gasteiger partial charge < -0.3 is 10.4 Å². The minimum absolute atomic E-state index is 0.328. The zero-order valence-corrected chi connectivity index (χ0v) is 13.7. The lowest BCUT2D eigenvalue weighted by molar-refractivity contribution is 0.134. The second-order valence-corrected chi connectivity index (χ2v) is 5.88.